The normalized spacial score (nSPS) is 25.9. The van der Waals surface area contributed by atoms with Gasteiger partial charge in [-0.05, 0) is 43.5 Å². The molecule has 110 valence electrons. The molecule has 20 heavy (non-hydrogen) atoms. The molecule has 1 aromatic rings. The SMILES string of the molecule is CC1CC(CN)CN1Cc1cc(Cl)c2c(c1)OCCO2. The minimum absolute atomic E-state index is 0.563. The van der Waals surface area contributed by atoms with Crippen molar-refractivity contribution >= 4 is 11.6 Å². The highest BCUT2D eigenvalue weighted by atomic mass is 35.5. The number of nitrogens with zero attached hydrogens (tertiary/aromatic N) is 1. The van der Waals surface area contributed by atoms with Gasteiger partial charge in [-0.2, -0.15) is 0 Å². The van der Waals surface area contributed by atoms with Gasteiger partial charge in [0.05, 0.1) is 5.02 Å². The fraction of sp³-hybridized carbons (Fsp3) is 0.600. The van der Waals surface area contributed by atoms with Gasteiger partial charge in [-0.3, -0.25) is 4.90 Å². The lowest BCUT2D eigenvalue weighted by atomic mass is 10.1. The summed E-state index contributed by atoms with van der Waals surface area (Å²) in [5, 5.41) is 0.638. The molecule has 0 amide bonds. The molecular weight excluding hydrogens is 276 g/mol. The van der Waals surface area contributed by atoms with Crippen molar-refractivity contribution in [2.24, 2.45) is 11.7 Å². The lowest BCUT2D eigenvalue weighted by molar-refractivity contribution is 0.171. The van der Waals surface area contributed by atoms with Crippen molar-refractivity contribution in [3.05, 3.63) is 22.7 Å². The maximum Gasteiger partial charge on any atom is 0.179 e. The molecule has 0 saturated carbocycles. The largest absolute Gasteiger partial charge is 0.486 e. The molecule has 4 nitrogen and oxygen atoms in total. The summed E-state index contributed by atoms with van der Waals surface area (Å²) >= 11 is 6.28. The number of ether oxygens (including phenoxy) is 2. The quantitative estimate of drug-likeness (QED) is 0.930. The Morgan fingerprint density at radius 1 is 1.35 bits per heavy atom. The van der Waals surface area contributed by atoms with Crippen molar-refractivity contribution in [3.8, 4) is 11.5 Å². The van der Waals surface area contributed by atoms with Gasteiger partial charge in [-0.15, -0.1) is 0 Å². The van der Waals surface area contributed by atoms with Crippen molar-refractivity contribution in [3.63, 3.8) is 0 Å². The zero-order valence-electron chi connectivity index (χ0n) is 11.8. The van der Waals surface area contributed by atoms with Gasteiger partial charge in [0.15, 0.2) is 11.5 Å². The van der Waals surface area contributed by atoms with Crippen molar-refractivity contribution in [2.45, 2.75) is 25.9 Å². The van der Waals surface area contributed by atoms with Crippen LogP contribution >= 0.6 is 11.6 Å². The summed E-state index contributed by atoms with van der Waals surface area (Å²) < 4.78 is 11.2. The minimum atomic E-state index is 0.563. The van der Waals surface area contributed by atoms with Crippen LogP contribution in [0.2, 0.25) is 5.02 Å². The molecule has 2 aliphatic heterocycles. The van der Waals surface area contributed by atoms with Crippen LogP contribution in [0.3, 0.4) is 0 Å². The Morgan fingerprint density at radius 2 is 2.15 bits per heavy atom. The third kappa shape index (κ3) is 2.73. The van der Waals surface area contributed by atoms with Crippen molar-refractivity contribution in [1.29, 1.82) is 0 Å². The van der Waals surface area contributed by atoms with E-state index in [-0.39, 0.29) is 0 Å². The van der Waals surface area contributed by atoms with Crippen LogP contribution in [-0.4, -0.2) is 37.2 Å². The standard InChI is InChI=1S/C15H21ClN2O2/c1-10-4-12(7-17)9-18(10)8-11-5-13(16)15-14(6-11)19-2-3-20-15/h5-6,10,12H,2-4,7-9,17H2,1H3. The van der Waals surface area contributed by atoms with Crippen LogP contribution in [-0.2, 0) is 6.54 Å². The topological polar surface area (TPSA) is 47.7 Å². The number of benzene rings is 1. The number of likely N-dealkylation sites (tertiary alicyclic amines) is 1. The number of hydrogen-bond donors (Lipinski definition) is 1. The van der Waals surface area contributed by atoms with Gasteiger partial charge in [-0.1, -0.05) is 11.6 Å². The Labute approximate surface area is 124 Å². The first-order valence-corrected chi connectivity index (χ1v) is 7.57. The minimum Gasteiger partial charge on any atom is -0.486 e. The summed E-state index contributed by atoms with van der Waals surface area (Å²) in [7, 11) is 0. The average molecular weight is 297 g/mol. The molecule has 1 aromatic carbocycles. The van der Waals surface area contributed by atoms with Gasteiger partial charge in [0, 0.05) is 19.1 Å². The molecule has 0 aliphatic carbocycles. The summed E-state index contributed by atoms with van der Waals surface area (Å²) in [6.07, 6.45) is 1.18. The van der Waals surface area contributed by atoms with Gasteiger partial charge in [-0.25, -0.2) is 0 Å². The van der Waals surface area contributed by atoms with Crippen LogP contribution < -0.4 is 15.2 Å². The maximum absolute atomic E-state index is 6.28. The summed E-state index contributed by atoms with van der Waals surface area (Å²) in [6.45, 7) is 6.12. The smallest absolute Gasteiger partial charge is 0.179 e. The summed E-state index contributed by atoms with van der Waals surface area (Å²) in [5.74, 6) is 2.05. The molecule has 2 unspecified atom stereocenters. The number of halogens is 1. The third-order valence-electron chi connectivity index (χ3n) is 4.17. The fourth-order valence-corrected chi connectivity index (χ4v) is 3.39. The maximum atomic E-state index is 6.28. The van der Waals surface area contributed by atoms with E-state index >= 15 is 0 Å². The number of rotatable bonds is 3. The summed E-state index contributed by atoms with van der Waals surface area (Å²) in [4.78, 5) is 2.46. The Bertz CT molecular complexity index is 495. The van der Waals surface area contributed by atoms with Crippen LogP contribution in [0.15, 0.2) is 12.1 Å². The van der Waals surface area contributed by atoms with Gasteiger partial charge >= 0.3 is 0 Å². The van der Waals surface area contributed by atoms with Crippen LogP contribution in [0.25, 0.3) is 0 Å². The average Bonchev–Trinajstić information content (AvgIpc) is 2.79. The van der Waals surface area contributed by atoms with Crippen LogP contribution in [0, 0.1) is 5.92 Å². The van der Waals surface area contributed by atoms with Gasteiger partial charge in [0.25, 0.3) is 0 Å². The Morgan fingerprint density at radius 3 is 2.90 bits per heavy atom. The van der Waals surface area contributed by atoms with Gasteiger partial charge in [0.2, 0.25) is 0 Å². The van der Waals surface area contributed by atoms with E-state index < -0.39 is 0 Å². The second-order valence-corrected chi connectivity index (χ2v) is 6.12. The van der Waals surface area contributed by atoms with E-state index in [0.29, 0.717) is 35.9 Å². The first-order chi connectivity index (χ1) is 9.67. The molecule has 0 aromatic heterocycles. The van der Waals surface area contributed by atoms with E-state index in [9.17, 15) is 0 Å². The fourth-order valence-electron chi connectivity index (χ4n) is 3.10. The molecule has 2 aliphatic rings. The Kier molecular flexibility index (Phi) is 4.06. The lowest BCUT2D eigenvalue weighted by Crippen LogP contribution is -2.27. The molecule has 2 heterocycles. The molecule has 0 spiro atoms. The number of hydrogen-bond acceptors (Lipinski definition) is 4. The second-order valence-electron chi connectivity index (χ2n) is 5.72. The van der Waals surface area contributed by atoms with E-state index in [2.05, 4.69) is 11.8 Å². The highest BCUT2D eigenvalue weighted by Crippen LogP contribution is 2.39. The third-order valence-corrected chi connectivity index (χ3v) is 4.45. The van der Waals surface area contributed by atoms with Gasteiger partial charge < -0.3 is 15.2 Å². The van der Waals surface area contributed by atoms with Crippen LogP contribution in [0.4, 0.5) is 0 Å². The predicted octanol–water partition coefficient (Wildman–Crippen LogP) is 2.28. The van der Waals surface area contributed by atoms with Gasteiger partial charge in [0.1, 0.15) is 13.2 Å². The molecule has 1 fully saturated rings. The van der Waals surface area contributed by atoms with Crippen LogP contribution in [0.1, 0.15) is 18.9 Å². The van der Waals surface area contributed by atoms with Crippen molar-refractivity contribution in [2.75, 3.05) is 26.3 Å². The number of fused-ring (bicyclic) bond motifs is 1. The zero-order chi connectivity index (χ0) is 14.1. The molecule has 1 saturated heterocycles. The monoisotopic (exact) mass is 296 g/mol. The van der Waals surface area contributed by atoms with Crippen molar-refractivity contribution < 1.29 is 9.47 Å². The molecule has 0 bridgehead atoms. The lowest BCUT2D eigenvalue weighted by Gasteiger charge is -2.24. The summed E-state index contributed by atoms with van der Waals surface area (Å²) in [5.41, 5.74) is 6.95. The highest BCUT2D eigenvalue weighted by molar-refractivity contribution is 6.32. The van der Waals surface area contributed by atoms with E-state index in [1.165, 1.54) is 12.0 Å². The van der Waals surface area contributed by atoms with E-state index in [1.807, 2.05) is 12.1 Å². The molecule has 3 rings (SSSR count). The van der Waals surface area contributed by atoms with Crippen LogP contribution in [0.5, 0.6) is 11.5 Å². The first kappa shape index (κ1) is 14.0. The van der Waals surface area contributed by atoms with E-state index in [0.717, 1.165) is 25.4 Å². The Hall–Kier alpha value is -0.970. The molecule has 2 N–H and O–H groups in total. The molecule has 0 radical (unpaired) electrons. The van der Waals surface area contributed by atoms with Crippen molar-refractivity contribution in [1.82, 2.24) is 4.90 Å². The Balaban J connectivity index is 1.76. The molecule has 5 heteroatoms. The van der Waals surface area contributed by atoms with E-state index in [1.54, 1.807) is 0 Å². The van der Waals surface area contributed by atoms with E-state index in [4.69, 9.17) is 26.8 Å². The molecule has 2 atom stereocenters. The molecular formula is C15H21ClN2O2. The first-order valence-electron chi connectivity index (χ1n) is 7.19. The predicted molar refractivity (Wildman–Crippen MR) is 79.5 cm³/mol. The summed E-state index contributed by atoms with van der Waals surface area (Å²) in [6, 6.07) is 4.59. The number of nitrogens with two attached hydrogens (primary N) is 1. The highest BCUT2D eigenvalue weighted by Gasteiger charge is 2.28. The second kappa shape index (κ2) is 5.80. The zero-order valence-corrected chi connectivity index (χ0v) is 12.5.